The SMILES string of the molecule is CC(=O)C1CCCN(c2cccc(C)n2)C1. The van der Waals surface area contributed by atoms with E-state index in [0.717, 1.165) is 37.4 Å². The molecule has 16 heavy (non-hydrogen) atoms. The molecule has 0 amide bonds. The van der Waals surface area contributed by atoms with E-state index in [2.05, 4.69) is 9.88 Å². The van der Waals surface area contributed by atoms with Gasteiger partial charge in [0.15, 0.2) is 0 Å². The first kappa shape index (κ1) is 11.1. The van der Waals surface area contributed by atoms with Gasteiger partial charge >= 0.3 is 0 Å². The van der Waals surface area contributed by atoms with Gasteiger partial charge in [0.2, 0.25) is 0 Å². The van der Waals surface area contributed by atoms with E-state index < -0.39 is 0 Å². The Balaban J connectivity index is 2.12. The van der Waals surface area contributed by atoms with Gasteiger partial charge in [0, 0.05) is 24.7 Å². The number of piperidine rings is 1. The van der Waals surface area contributed by atoms with Gasteiger partial charge in [-0.05, 0) is 38.8 Å². The topological polar surface area (TPSA) is 33.2 Å². The fourth-order valence-electron chi connectivity index (χ4n) is 2.22. The Morgan fingerprint density at radius 2 is 2.31 bits per heavy atom. The van der Waals surface area contributed by atoms with Crippen LogP contribution in [0.2, 0.25) is 0 Å². The maximum absolute atomic E-state index is 11.4. The third kappa shape index (κ3) is 2.40. The van der Waals surface area contributed by atoms with Crippen LogP contribution in [0, 0.1) is 12.8 Å². The highest BCUT2D eigenvalue weighted by molar-refractivity contribution is 5.79. The van der Waals surface area contributed by atoms with Gasteiger partial charge in [0.1, 0.15) is 11.6 Å². The van der Waals surface area contributed by atoms with Gasteiger partial charge < -0.3 is 4.90 Å². The quantitative estimate of drug-likeness (QED) is 0.763. The summed E-state index contributed by atoms with van der Waals surface area (Å²) in [4.78, 5) is 18.1. The van der Waals surface area contributed by atoms with Crippen molar-refractivity contribution < 1.29 is 4.79 Å². The number of pyridine rings is 1. The maximum Gasteiger partial charge on any atom is 0.134 e. The van der Waals surface area contributed by atoms with E-state index in [9.17, 15) is 4.79 Å². The van der Waals surface area contributed by atoms with E-state index >= 15 is 0 Å². The summed E-state index contributed by atoms with van der Waals surface area (Å²) in [5.41, 5.74) is 1.03. The third-order valence-corrected chi connectivity index (χ3v) is 3.19. The lowest BCUT2D eigenvalue weighted by molar-refractivity contribution is -0.120. The Labute approximate surface area is 96.5 Å². The number of carbonyl (C=O) groups excluding carboxylic acids is 1. The molecule has 1 aliphatic heterocycles. The highest BCUT2D eigenvalue weighted by atomic mass is 16.1. The molecule has 0 spiro atoms. The summed E-state index contributed by atoms with van der Waals surface area (Å²) in [6.07, 6.45) is 2.11. The molecule has 0 aliphatic carbocycles. The van der Waals surface area contributed by atoms with Crippen LogP contribution in [0.1, 0.15) is 25.5 Å². The van der Waals surface area contributed by atoms with Gasteiger partial charge in [-0.25, -0.2) is 4.98 Å². The van der Waals surface area contributed by atoms with Crippen molar-refractivity contribution in [2.75, 3.05) is 18.0 Å². The van der Waals surface area contributed by atoms with Crippen molar-refractivity contribution in [3.05, 3.63) is 23.9 Å². The molecular formula is C13H18N2O. The summed E-state index contributed by atoms with van der Waals surface area (Å²) >= 11 is 0. The lowest BCUT2D eigenvalue weighted by atomic mass is 9.94. The number of hydrogen-bond donors (Lipinski definition) is 0. The molecule has 1 fully saturated rings. The van der Waals surface area contributed by atoms with Gasteiger partial charge in [0.05, 0.1) is 0 Å². The van der Waals surface area contributed by atoms with Crippen LogP contribution in [0.4, 0.5) is 5.82 Å². The van der Waals surface area contributed by atoms with Crippen molar-refractivity contribution in [1.82, 2.24) is 4.98 Å². The number of carbonyl (C=O) groups is 1. The summed E-state index contributed by atoms with van der Waals surface area (Å²) in [6.45, 7) is 5.53. The largest absolute Gasteiger partial charge is 0.356 e. The fraction of sp³-hybridized carbons (Fsp3) is 0.538. The minimum absolute atomic E-state index is 0.191. The van der Waals surface area contributed by atoms with Crippen LogP contribution in [-0.2, 0) is 4.79 Å². The van der Waals surface area contributed by atoms with Gasteiger partial charge in [-0.15, -0.1) is 0 Å². The van der Waals surface area contributed by atoms with E-state index in [1.807, 2.05) is 25.1 Å². The maximum atomic E-state index is 11.4. The smallest absolute Gasteiger partial charge is 0.134 e. The van der Waals surface area contributed by atoms with Crippen LogP contribution in [0.15, 0.2) is 18.2 Å². The average molecular weight is 218 g/mol. The number of aryl methyl sites for hydroxylation is 1. The molecular weight excluding hydrogens is 200 g/mol. The van der Waals surface area contributed by atoms with Crippen molar-refractivity contribution in [2.24, 2.45) is 5.92 Å². The standard InChI is InChI=1S/C13H18N2O/c1-10-5-3-7-13(14-10)15-8-4-6-12(9-15)11(2)16/h3,5,7,12H,4,6,8-9H2,1-2H3. The molecule has 0 saturated carbocycles. The second kappa shape index (κ2) is 4.64. The molecule has 1 aliphatic rings. The predicted octanol–water partition coefficient (Wildman–Crippen LogP) is 2.20. The molecule has 0 radical (unpaired) electrons. The fourth-order valence-corrected chi connectivity index (χ4v) is 2.22. The number of anilines is 1. The second-order valence-electron chi connectivity index (χ2n) is 4.53. The molecule has 1 saturated heterocycles. The molecule has 1 atom stereocenters. The van der Waals surface area contributed by atoms with E-state index in [1.165, 1.54) is 0 Å². The van der Waals surface area contributed by atoms with Crippen molar-refractivity contribution >= 4 is 11.6 Å². The highest BCUT2D eigenvalue weighted by Crippen LogP contribution is 2.22. The molecule has 1 unspecified atom stereocenters. The van der Waals surface area contributed by atoms with Crippen LogP contribution < -0.4 is 4.90 Å². The number of Topliss-reactive ketones (excluding diaryl/α,β-unsaturated/α-hetero) is 1. The minimum Gasteiger partial charge on any atom is -0.356 e. The molecule has 1 aromatic heterocycles. The Morgan fingerprint density at radius 3 is 3.00 bits per heavy atom. The third-order valence-electron chi connectivity index (χ3n) is 3.19. The van der Waals surface area contributed by atoms with Gasteiger partial charge in [-0.1, -0.05) is 6.07 Å². The lowest BCUT2D eigenvalue weighted by Crippen LogP contribution is -2.38. The van der Waals surface area contributed by atoms with Gasteiger partial charge in [-0.2, -0.15) is 0 Å². The van der Waals surface area contributed by atoms with Gasteiger partial charge in [-0.3, -0.25) is 4.79 Å². The number of rotatable bonds is 2. The van der Waals surface area contributed by atoms with Crippen molar-refractivity contribution in [1.29, 1.82) is 0 Å². The number of ketones is 1. The number of aromatic nitrogens is 1. The normalized spacial score (nSPS) is 20.9. The highest BCUT2D eigenvalue weighted by Gasteiger charge is 2.23. The Bertz CT molecular complexity index is 389. The summed E-state index contributed by atoms with van der Waals surface area (Å²) in [5, 5.41) is 0. The molecule has 86 valence electrons. The molecule has 0 N–H and O–H groups in total. The lowest BCUT2D eigenvalue weighted by Gasteiger charge is -2.32. The Hall–Kier alpha value is -1.38. The van der Waals surface area contributed by atoms with Gasteiger partial charge in [0.25, 0.3) is 0 Å². The number of hydrogen-bond acceptors (Lipinski definition) is 3. The Morgan fingerprint density at radius 1 is 1.50 bits per heavy atom. The zero-order valence-corrected chi connectivity index (χ0v) is 9.94. The second-order valence-corrected chi connectivity index (χ2v) is 4.53. The molecule has 1 aromatic rings. The van der Waals surface area contributed by atoms with Crippen LogP contribution in [-0.4, -0.2) is 23.9 Å². The predicted molar refractivity (Wildman–Crippen MR) is 64.6 cm³/mol. The molecule has 0 aromatic carbocycles. The van der Waals surface area contributed by atoms with Crippen molar-refractivity contribution in [3.63, 3.8) is 0 Å². The van der Waals surface area contributed by atoms with Crippen LogP contribution in [0.3, 0.4) is 0 Å². The molecule has 2 rings (SSSR count). The first-order valence-corrected chi connectivity index (χ1v) is 5.86. The van der Waals surface area contributed by atoms with E-state index in [4.69, 9.17) is 0 Å². The molecule has 2 heterocycles. The monoisotopic (exact) mass is 218 g/mol. The molecule has 0 bridgehead atoms. The summed E-state index contributed by atoms with van der Waals surface area (Å²) < 4.78 is 0. The first-order valence-electron chi connectivity index (χ1n) is 5.86. The van der Waals surface area contributed by atoms with Crippen molar-refractivity contribution in [2.45, 2.75) is 26.7 Å². The van der Waals surface area contributed by atoms with E-state index in [0.29, 0.717) is 5.78 Å². The summed E-state index contributed by atoms with van der Waals surface area (Å²) in [7, 11) is 0. The molecule has 3 nitrogen and oxygen atoms in total. The van der Waals surface area contributed by atoms with E-state index in [-0.39, 0.29) is 5.92 Å². The zero-order chi connectivity index (χ0) is 11.5. The summed E-state index contributed by atoms with van der Waals surface area (Å²) in [6, 6.07) is 6.04. The first-order chi connectivity index (χ1) is 7.66. The van der Waals surface area contributed by atoms with Crippen LogP contribution in [0.5, 0.6) is 0 Å². The number of nitrogens with zero attached hydrogens (tertiary/aromatic N) is 2. The zero-order valence-electron chi connectivity index (χ0n) is 9.94. The minimum atomic E-state index is 0.191. The van der Waals surface area contributed by atoms with Crippen LogP contribution >= 0.6 is 0 Å². The molecule has 3 heteroatoms. The summed E-state index contributed by atoms with van der Waals surface area (Å²) in [5.74, 6) is 1.50. The van der Waals surface area contributed by atoms with Crippen molar-refractivity contribution in [3.8, 4) is 0 Å². The Kier molecular flexibility index (Phi) is 3.22. The van der Waals surface area contributed by atoms with E-state index in [1.54, 1.807) is 6.92 Å². The average Bonchev–Trinajstić information content (AvgIpc) is 2.29. The van der Waals surface area contributed by atoms with Crippen LogP contribution in [0.25, 0.3) is 0 Å².